The number of hydrazone groups is 1. The molecule has 0 spiro atoms. The molecule has 2 amide bonds. The molecule has 0 heterocycles. The van der Waals surface area contributed by atoms with Gasteiger partial charge in [-0.25, -0.2) is 10.2 Å². The van der Waals surface area contributed by atoms with E-state index in [4.69, 9.17) is 5.73 Å². The predicted molar refractivity (Wildman–Crippen MR) is 77.0 cm³/mol. The highest BCUT2D eigenvalue weighted by molar-refractivity contribution is 5.96. The summed E-state index contributed by atoms with van der Waals surface area (Å²) in [7, 11) is 0. The van der Waals surface area contributed by atoms with E-state index in [1.165, 1.54) is 12.0 Å². The largest absolute Gasteiger partial charge is 0.350 e. The van der Waals surface area contributed by atoms with Crippen LogP contribution in [0, 0.1) is 0 Å². The van der Waals surface area contributed by atoms with E-state index in [0.29, 0.717) is 0 Å². The molecule has 0 aliphatic heterocycles. The Bertz CT molecular complexity index is 470. The Morgan fingerprint density at radius 1 is 1.37 bits per heavy atom. The third kappa shape index (κ3) is 2.78. The maximum Gasteiger partial charge on any atom is 0.332 e. The summed E-state index contributed by atoms with van der Waals surface area (Å²) in [5.74, 6) is 0. The van der Waals surface area contributed by atoms with Gasteiger partial charge in [0.05, 0.1) is 0 Å². The minimum Gasteiger partial charge on any atom is -0.350 e. The van der Waals surface area contributed by atoms with Crippen LogP contribution in [0.25, 0.3) is 0 Å². The standard InChI is InChI=1S/C15H21N3O/c1-2-15(12-8-4-3-5-9-12)11-7-6-10-13(15)17-18-14(16)19/h3-5,8-9H,2,6-7,10-11H2,1H3,(H3,16,18,19). The van der Waals surface area contributed by atoms with Crippen molar-refractivity contribution in [2.24, 2.45) is 10.8 Å². The highest BCUT2D eigenvalue weighted by atomic mass is 16.2. The molecule has 1 aliphatic carbocycles. The molecule has 1 unspecified atom stereocenters. The molecule has 0 radical (unpaired) electrons. The van der Waals surface area contributed by atoms with E-state index < -0.39 is 6.03 Å². The number of hydrogen-bond donors (Lipinski definition) is 2. The molecule has 2 rings (SSSR count). The average molecular weight is 259 g/mol. The third-order valence-electron chi connectivity index (χ3n) is 4.05. The fourth-order valence-electron chi connectivity index (χ4n) is 3.04. The minimum atomic E-state index is -0.601. The van der Waals surface area contributed by atoms with Crippen LogP contribution in [0.3, 0.4) is 0 Å². The van der Waals surface area contributed by atoms with E-state index in [0.717, 1.165) is 31.4 Å². The first-order valence-corrected chi connectivity index (χ1v) is 6.87. The van der Waals surface area contributed by atoms with E-state index in [1.54, 1.807) is 0 Å². The lowest BCUT2D eigenvalue weighted by Crippen LogP contribution is -2.40. The number of hydrogen-bond acceptors (Lipinski definition) is 2. The molecule has 1 saturated carbocycles. The zero-order valence-electron chi connectivity index (χ0n) is 11.4. The second-order valence-corrected chi connectivity index (χ2v) is 5.04. The van der Waals surface area contributed by atoms with Gasteiger partial charge in [0, 0.05) is 11.1 Å². The Kier molecular flexibility index (Phi) is 4.20. The van der Waals surface area contributed by atoms with Gasteiger partial charge in [0.25, 0.3) is 0 Å². The van der Waals surface area contributed by atoms with Crippen LogP contribution in [-0.4, -0.2) is 11.7 Å². The first-order chi connectivity index (χ1) is 9.19. The molecular weight excluding hydrogens is 238 g/mol. The van der Waals surface area contributed by atoms with E-state index in [1.807, 2.05) is 6.07 Å². The number of benzene rings is 1. The first kappa shape index (κ1) is 13.6. The second-order valence-electron chi connectivity index (χ2n) is 5.04. The number of nitrogens with zero attached hydrogens (tertiary/aromatic N) is 1. The number of carbonyl (C=O) groups is 1. The molecule has 0 bridgehead atoms. The molecule has 1 fully saturated rings. The lowest BCUT2D eigenvalue weighted by atomic mass is 9.66. The van der Waals surface area contributed by atoms with Gasteiger partial charge in [0.2, 0.25) is 0 Å². The topological polar surface area (TPSA) is 67.5 Å². The van der Waals surface area contributed by atoms with Crippen molar-refractivity contribution in [2.75, 3.05) is 0 Å². The molecule has 1 aromatic rings. The van der Waals surface area contributed by atoms with Gasteiger partial charge in [-0.15, -0.1) is 0 Å². The molecule has 19 heavy (non-hydrogen) atoms. The summed E-state index contributed by atoms with van der Waals surface area (Å²) in [6, 6.07) is 9.83. The quantitative estimate of drug-likeness (QED) is 0.805. The Hall–Kier alpha value is -1.84. The van der Waals surface area contributed by atoms with Gasteiger partial charge in [-0.05, 0) is 31.2 Å². The van der Waals surface area contributed by atoms with Crippen molar-refractivity contribution in [3.8, 4) is 0 Å². The summed E-state index contributed by atoms with van der Waals surface area (Å²) in [5.41, 5.74) is 9.80. The van der Waals surface area contributed by atoms with Crippen LogP contribution < -0.4 is 11.2 Å². The van der Waals surface area contributed by atoms with Gasteiger partial charge in [0.15, 0.2) is 0 Å². The summed E-state index contributed by atoms with van der Waals surface area (Å²) in [6.07, 6.45) is 5.29. The van der Waals surface area contributed by atoms with Gasteiger partial charge < -0.3 is 5.73 Å². The number of amides is 2. The third-order valence-corrected chi connectivity index (χ3v) is 4.05. The predicted octanol–water partition coefficient (Wildman–Crippen LogP) is 2.93. The zero-order valence-corrected chi connectivity index (χ0v) is 11.4. The second kappa shape index (κ2) is 5.87. The van der Waals surface area contributed by atoms with Crippen LogP contribution >= 0.6 is 0 Å². The van der Waals surface area contributed by atoms with Gasteiger partial charge in [-0.1, -0.05) is 43.7 Å². The molecule has 1 aromatic carbocycles. The molecular formula is C15H21N3O. The number of primary amides is 1. The normalized spacial score (nSPS) is 25.2. The van der Waals surface area contributed by atoms with E-state index >= 15 is 0 Å². The minimum absolute atomic E-state index is 0.0536. The number of rotatable bonds is 3. The Morgan fingerprint density at radius 2 is 2.11 bits per heavy atom. The van der Waals surface area contributed by atoms with Gasteiger partial charge >= 0.3 is 6.03 Å². The summed E-state index contributed by atoms with van der Waals surface area (Å²) >= 11 is 0. The molecule has 102 valence electrons. The average Bonchev–Trinajstić information content (AvgIpc) is 2.46. The molecule has 1 aliphatic rings. The van der Waals surface area contributed by atoms with E-state index in [2.05, 4.69) is 41.7 Å². The van der Waals surface area contributed by atoms with Crippen molar-refractivity contribution in [1.82, 2.24) is 5.43 Å². The van der Waals surface area contributed by atoms with Gasteiger partial charge in [0.1, 0.15) is 0 Å². The number of nitrogens with one attached hydrogen (secondary N) is 1. The monoisotopic (exact) mass is 259 g/mol. The molecule has 4 heteroatoms. The van der Waals surface area contributed by atoms with Gasteiger partial charge in [-0.3, -0.25) is 0 Å². The van der Waals surface area contributed by atoms with Crippen molar-refractivity contribution in [3.63, 3.8) is 0 Å². The lowest BCUT2D eigenvalue weighted by molar-refractivity contribution is 0.249. The van der Waals surface area contributed by atoms with Crippen molar-refractivity contribution >= 4 is 11.7 Å². The van der Waals surface area contributed by atoms with Crippen LogP contribution in [0.1, 0.15) is 44.6 Å². The molecule has 3 N–H and O–H groups in total. The molecule has 1 atom stereocenters. The zero-order chi connectivity index (χ0) is 13.7. The molecule has 4 nitrogen and oxygen atoms in total. The van der Waals surface area contributed by atoms with Gasteiger partial charge in [-0.2, -0.15) is 5.10 Å². The van der Waals surface area contributed by atoms with Crippen LogP contribution in [0.4, 0.5) is 4.79 Å². The number of nitrogens with two attached hydrogens (primary N) is 1. The maximum atomic E-state index is 10.9. The Morgan fingerprint density at radius 3 is 2.74 bits per heavy atom. The summed E-state index contributed by atoms with van der Waals surface area (Å²) in [4.78, 5) is 10.9. The van der Waals surface area contributed by atoms with Crippen LogP contribution in [0.15, 0.2) is 35.4 Å². The molecule has 0 aromatic heterocycles. The van der Waals surface area contributed by atoms with Crippen molar-refractivity contribution in [3.05, 3.63) is 35.9 Å². The maximum absolute atomic E-state index is 10.9. The fourth-order valence-corrected chi connectivity index (χ4v) is 3.04. The SMILES string of the molecule is CCC1(c2ccccc2)CCCCC1=NNC(N)=O. The smallest absolute Gasteiger partial charge is 0.332 e. The highest BCUT2D eigenvalue weighted by Gasteiger charge is 2.37. The number of carbonyl (C=O) groups excluding carboxylic acids is 1. The summed E-state index contributed by atoms with van der Waals surface area (Å²) in [5, 5.41) is 4.28. The summed E-state index contributed by atoms with van der Waals surface area (Å²) < 4.78 is 0. The van der Waals surface area contributed by atoms with Crippen LogP contribution in [-0.2, 0) is 5.41 Å². The van der Waals surface area contributed by atoms with Crippen molar-refractivity contribution in [1.29, 1.82) is 0 Å². The van der Waals surface area contributed by atoms with E-state index in [9.17, 15) is 4.79 Å². The fraction of sp³-hybridized carbons (Fsp3) is 0.467. The highest BCUT2D eigenvalue weighted by Crippen LogP contribution is 2.40. The van der Waals surface area contributed by atoms with Crippen LogP contribution in [0.5, 0.6) is 0 Å². The first-order valence-electron chi connectivity index (χ1n) is 6.87. The van der Waals surface area contributed by atoms with Crippen LogP contribution in [0.2, 0.25) is 0 Å². The van der Waals surface area contributed by atoms with E-state index in [-0.39, 0.29) is 5.41 Å². The Balaban J connectivity index is 2.39. The molecule has 0 saturated heterocycles. The lowest BCUT2D eigenvalue weighted by Gasteiger charge is -2.38. The Labute approximate surface area is 114 Å². The van der Waals surface area contributed by atoms with Crippen molar-refractivity contribution < 1.29 is 4.79 Å². The number of urea groups is 1. The summed E-state index contributed by atoms with van der Waals surface area (Å²) in [6.45, 7) is 2.18. The van der Waals surface area contributed by atoms with Crippen molar-refractivity contribution in [2.45, 2.75) is 44.4 Å².